The molecule has 1 aliphatic rings. The number of hydrogen-bond acceptors (Lipinski definition) is 4. The molecule has 0 N–H and O–H groups in total. The molecule has 0 saturated carbocycles. The van der Waals surface area contributed by atoms with Crippen LogP contribution in [0.2, 0.25) is 0 Å². The Hall–Kier alpha value is -1.43. The van der Waals surface area contributed by atoms with Crippen molar-refractivity contribution < 1.29 is 14.0 Å². The van der Waals surface area contributed by atoms with Crippen molar-refractivity contribution in [2.45, 2.75) is 6.54 Å². The fourth-order valence-corrected chi connectivity index (χ4v) is 2.40. The molecule has 0 aromatic carbocycles. The number of nitrogens with zero attached hydrogens (tertiary/aromatic N) is 2. The molecular weight excluding hydrogens is 240 g/mol. The fourth-order valence-electron chi connectivity index (χ4n) is 1.58. The fraction of sp³-hybridized carbons (Fsp3) is 0.455. The van der Waals surface area contributed by atoms with Crippen LogP contribution in [0.4, 0.5) is 4.79 Å². The highest BCUT2D eigenvalue weighted by Gasteiger charge is 2.24. The number of likely N-dealkylation sites (N-methyl/N-ethyl adjacent to an activating group) is 1. The molecule has 0 bridgehead atoms. The molecule has 1 aromatic heterocycles. The zero-order chi connectivity index (χ0) is 12.3. The van der Waals surface area contributed by atoms with E-state index in [4.69, 9.17) is 4.42 Å². The average Bonchev–Trinajstić information content (AvgIpc) is 2.91. The minimum Gasteiger partial charge on any atom is -0.467 e. The highest BCUT2D eigenvalue weighted by molar-refractivity contribution is 8.13. The van der Waals surface area contributed by atoms with Gasteiger partial charge in [-0.25, -0.2) is 0 Å². The van der Waals surface area contributed by atoms with Gasteiger partial charge in [-0.1, -0.05) is 11.8 Å². The number of furan rings is 1. The number of rotatable bonds is 4. The van der Waals surface area contributed by atoms with Gasteiger partial charge in [0.15, 0.2) is 0 Å². The van der Waals surface area contributed by atoms with Crippen LogP contribution in [0.15, 0.2) is 22.8 Å². The van der Waals surface area contributed by atoms with E-state index in [1.807, 2.05) is 6.07 Å². The number of amides is 2. The van der Waals surface area contributed by atoms with Crippen molar-refractivity contribution in [3.05, 3.63) is 24.2 Å². The van der Waals surface area contributed by atoms with Gasteiger partial charge in [-0.05, 0) is 12.1 Å². The Balaban J connectivity index is 1.85. The van der Waals surface area contributed by atoms with E-state index in [1.165, 1.54) is 11.8 Å². The van der Waals surface area contributed by atoms with Crippen molar-refractivity contribution in [3.8, 4) is 0 Å². The molecule has 17 heavy (non-hydrogen) atoms. The van der Waals surface area contributed by atoms with E-state index >= 15 is 0 Å². The first-order valence-corrected chi connectivity index (χ1v) is 6.33. The lowest BCUT2D eigenvalue weighted by atomic mass is 10.4. The highest BCUT2D eigenvalue weighted by atomic mass is 32.2. The van der Waals surface area contributed by atoms with Gasteiger partial charge in [-0.2, -0.15) is 0 Å². The van der Waals surface area contributed by atoms with E-state index in [0.29, 0.717) is 13.1 Å². The van der Waals surface area contributed by atoms with Crippen LogP contribution in [-0.2, 0) is 11.3 Å². The molecule has 1 aliphatic heterocycles. The van der Waals surface area contributed by atoms with Gasteiger partial charge in [0.2, 0.25) is 5.91 Å². The third kappa shape index (κ3) is 3.03. The van der Waals surface area contributed by atoms with E-state index in [2.05, 4.69) is 0 Å². The van der Waals surface area contributed by atoms with Crippen LogP contribution in [0, 0.1) is 0 Å². The van der Waals surface area contributed by atoms with Crippen LogP contribution < -0.4 is 0 Å². The standard InChI is InChI=1S/C11H14N2O3S/c1-12(7-9-3-2-5-16-9)10(14)8-13-4-6-17-11(13)15/h2-3,5H,4,6-8H2,1H3. The van der Waals surface area contributed by atoms with Crippen LogP contribution in [-0.4, -0.2) is 46.8 Å². The highest BCUT2D eigenvalue weighted by Crippen LogP contribution is 2.17. The van der Waals surface area contributed by atoms with Crippen LogP contribution in [0.3, 0.4) is 0 Å². The van der Waals surface area contributed by atoms with Gasteiger partial charge in [-0.15, -0.1) is 0 Å². The molecule has 1 aromatic rings. The summed E-state index contributed by atoms with van der Waals surface area (Å²) in [7, 11) is 1.71. The minimum atomic E-state index is -0.0720. The molecule has 0 spiro atoms. The topological polar surface area (TPSA) is 53.8 Å². The van der Waals surface area contributed by atoms with E-state index < -0.39 is 0 Å². The summed E-state index contributed by atoms with van der Waals surface area (Å²) in [4.78, 5) is 26.3. The predicted molar refractivity (Wildman–Crippen MR) is 64.6 cm³/mol. The molecule has 1 saturated heterocycles. The van der Waals surface area contributed by atoms with Crippen molar-refractivity contribution >= 4 is 22.9 Å². The van der Waals surface area contributed by atoms with Gasteiger partial charge in [0.25, 0.3) is 5.24 Å². The summed E-state index contributed by atoms with van der Waals surface area (Å²) in [5, 5.41) is -0.00949. The molecule has 92 valence electrons. The van der Waals surface area contributed by atoms with Gasteiger partial charge >= 0.3 is 0 Å². The molecule has 0 atom stereocenters. The third-order valence-electron chi connectivity index (χ3n) is 2.57. The zero-order valence-corrected chi connectivity index (χ0v) is 10.4. The molecule has 5 nitrogen and oxygen atoms in total. The maximum absolute atomic E-state index is 11.9. The number of carbonyl (C=O) groups is 2. The lowest BCUT2D eigenvalue weighted by Gasteiger charge is -2.20. The van der Waals surface area contributed by atoms with Crippen LogP contribution in [0.1, 0.15) is 5.76 Å². The molecule has 2 rings (SSSR count). The van der Waals surface area contributed by atoms with E-state index in [9.17, 15) is 9.59 Å². The monoisotopic (exact) mass is 254 g/mol. The Labute approximate surface area is 104 Å². The first-order valence-electron chi connectivity index (χ1n) is 5.35. The van der Waals surface area contributed by atoms with Crippen molar-refractivity contribution in [2.75, 3.05) is 25.9 Å². The van der Waals surface area contributed by atoms with Crippen LogP contribution >= 0.6 is 11.8 Å². The van der Waals surface area contributed by atoms with Gasteiger partial charge in [-0.3, -0.25) is 9.59 Å². The summed E-state index contributed by atoms with van der Waals surface area (Å²) in [6.07, 6.45) is 1.58. The Morgan fingerprint density at radius 1 is 1.65 bits per heavy atom. The second-order valence-corrected chi connectivity index (χ2v) is 4.91. The summed E-state index contributed by atoms with van der Waals surface area (Å²) in [6.45, 7) is 1.24. The van der Waals surface area contributed by atoms with E-state index in [-0.39, 0.29) is 17.7 Å². The maximum Gasteiger partial charge on any atom is 0.282 e. The predicted octanol–water partition coefficient (Wildman–Crippen LogP) is 1.41. The Morgan fingerprint density at radius 2 is 2.47 bits per heavy atom. The molecule has 0 aliphatic carbocycles. The van der Waals surface area contributed by atoms with E-state index in [1.54, 1.807) is 29.2 Å². The second kappa shape index (κ2) is 5.27. The molecule has 0 radical (unpaired) electrons. The lowest BCUT2D eigenvalue weighted by Crippen LogP contribution is -2.38. The SMILES string of the molecule is CN(Cc1ccco1)C(=O)CN1CCSC1=O. The van der Waals surface area contributed by atoms with E-state index in [0.717, 1.165) is 11.5 Å². The van der Waals surface area contributed by atoms with Crippen molar-refractivity contribution in [1.82, 2.24) is 9.80 Å². The van der Waals surface area contributed by atoms with Crippen LogP contribution in [0.25, 0.3) is 0 Å². The van der Waals surface area contributed by atoms with Crippen molar-refractivity contribution in [3.63, 3.8) is 0 Å². The van der Waals surface area contributed by atoms with Crippen molar-refractivity contribution in [1.29, 1.82) is 0 Å². The number of thioether (sulfide) groups is 1. The van der Waals surface area contributed by atoms with Crippen molar-refractivity contribution in [2.24, 2.45) is 0 Å². The molecule has 2 amide bonds. The summed E-state index contributed by atoms with van der Waals surface area (Å²) in [6, 6.07) is 3.61. The molecule has 0 unspecified atom stereocenters. The van der Waals surface area contributed by atoms with Gasteiger partial charge in [0.1, 0.15) is 12.3 Å². The minimum absolute atomic E-state index is 0.00949. The molecule has 6 heteroatoms. The summed E-state index contributed by atoms with van der Waals surface area (Å²) in [5.74, 6) is 1.44. The normalized spacial score (nSPS) is 15.4. The Morgan fingerprint density at radius 3 is 3.06 bits per heavy atom. The van der Waals surface area contributed by atoms with Gasteiger partial charge < -0.3 is 14.2 Å². The smallest absolute Gasteiger partial charge is 0.282 e. The van der Waals surface area contributed by atoms with Gasteiger partial charge in [0.05, 0.1) is 12.8 Å². The van der Waals surface area contributed by atoms with Gasteiger partial charge in [0, 0.05) is 19.3 Å². The Bertz CT molecular complexity index is 405. The largest absolute Gasteiger partial charge is 0.467 e. The maximum atomic E-state index is 11.9. The zero-order valence-electron chi connectivity index (χ0n) is 9.59. The third-order valence-corrected chi connectivity index (χ3v) is 3.46. The number of hydrogen-bond donors (Lipinski definition) is 0. The quantitative estimate of drug-likeness (QED) is 0.815. The average molecular weight is 254 g/mol. The van der Waals surface area contributed by atoms with Crippen LogP contribution in [0.5, 0.6) is 0 Å². The second-order valence-electron chi connectivity index (χ2n) is 3.87. The molecular formula is C11H14N2O3S. The molecule has 2 heterocycles. The summed E-state index contributed by atoms with van der Waals surface area (Å²) >= 11 is 1.26. The first-order chi connectivity index (χ1) is 8.16. The number of carbonyl (C=O) groups excluding carboxylic acids is 2. The summed E-state index contributed by atoms with van der Waals surface area (Å²) < 4.78 is 5.17. The summed E-state index contributed by atoms with van der Waals surface area (Å²) in [5.41, 5.74) is 0. The lowest BCUT2D eigenvalue weighted by molar-refractivity contribution is -0.131. The molecule has 1 fully saturated rings. The first kappa shape index (κ1) is 12.0. The Kier molecular flexibility index (Phi) is 3.73.